The predicted molar refractivity (Wildman–Crippen MR) is 127 cm³/mol. The number of methoxy groups -OCH3 is 1. The molecule has 2 aromatic carbocycles. The zero-order valence-electron chi connectivity index (χ0n) is 17.6. The van der Waals surface area contributed by atoms with Gasteiger partial charge in [-0.15, -0.1) is 0 Å². The molecule has 0 spiro atoms. The molecule has 1 aliphatic rings. The van der Waals surface area contributed by atoms with E-state index >= 15 is 0 Å². The minimum atomic E-state index is -3.94. The molecule has 1 amide bonds. The average molecular weight is 494 g/mol. The number of carbonyl (C=O) groups excluding carboxylic acids is 1. The second-order valence-corrected chi connectivity index (χ2v) is 10.9. The number of sulfonamides is 1. The molecule has 170 valence electrons. The molecule has 4 rings (SSSR count). The van der Waals surface area contributed by atoms with E-state index in [0.717, 1.165) is 42.2 Å². The van der Waals surface area contributed by atoms with Gasteiger partial charge in [-0.25, -0.2) is 8.42 Å². The molecule has 0 unspecified atom stereocenters. The summed E-state index contributed by atoms with van der Waals surface area (Å²) in [5.41, 5.74) is 0.608. The Bertz CT molecular complexity index is 1220. The number of benzene rings is 2. The van der Waals surface area contributed by atoms with Crippen LogP contribution in [0.1, 0.15) is 32.1 Å². The number of aromatic nitrogens is 1. The monoisotopic (exact) mass is 493 g/mol. The van der Waals surface area contributed by atoms with Crippen molar-refractivity contribution in [3.63, 3.8) is 0 Å². The van der Waals surface area contributed by atoms with Crippen LogP contribution in [0.4, 0.5) is 5.69 Å². The molecule has 3 aromatic rings. The molecule has 7 nitrogen and oxygen atoms in total. The van der Waals surface area contributed by atoms with E-state index < -0.39 is 10.0 Å². The van der Waals surface area contributed by atoms with Crippen LogP contribution < -0.4 is 10.1 Å². The zero-order valence-corrected chi connectivity index (χ0v) is 20.0. The largest absolute Gasteiger partial charge is 0.495 e. The van der Waals surface area contributed by atoms with Gasteiger partial charge in [0.05, 0.1) is 28.3 Å². The van der Waals surface area contributed by atoms with Crippen LogP contribution in [0, 0.1) is 0 Å². The van der Waals surface area contributed by atoms with Gasteiger partial charge >= 0.3 is 0 Å². The second kappa shape index (κ2) is 9.74. The first kappa shape index (κ1) is 23.0. The number of nitrogens with one attached hydrogen (secondary N) is 1. The summed E-state index contributed by atoms with van der Waals surface area (Å²) in [6.07, 6.45) is 6.13. The molecular weight excluding hydrogens is 470 g/mol. The number of carbonyl (C=O) groups is 1. The molecule has 0 saturated heterocycles. The number of halogens is 1. The molecule has 1 heterocycles. The van der Waals surface area contributed by atoms with Crippen molar-refractivity contribution in [1.29, 1.82) is 0 Å². The van der Waals surface area contributed by atoms with Crippen LogP contribution in [0.15, 0.2) is 47.5 Å². The summed E-state index contributed by atoms with van der Waals surface area (Å²) in [6.45, 7) is -0.267. The van der Waals surface area contributed by atoms with E-state index in [-0.39, 0.29) is 28.4 Å². The molecule has 0 aliphatic heterocycles. The smallest absolute Gasteiger partial charge is 0.243 e. The number of amides is 1. The van der Waals surface area contributed by atoms with Crippen LogP contribution in [0.3, 0.4) is 0 Å². The lowest BCUT2D eigenvalue weighted by molar-refractivity contribution is -0.116. The molecule has 1 N–H and O–H groups in total. The normalized spacial score (nSPS) is 15.2. The Hall–Kier alpha value is -2.20. The summed E-state index contributed by atoms with van der Waals surface area (Å²) in [5, 5.41) is 3.97. The number of fused-ring (bicyclic) bond motifs is 1. The van der Waals surface area contributed by atoms with Gasteiger partial charge in [0.1, 0.15) is 5.75 Å². The van der Waals surface area contributed by atoms with Crippen LogP contribution in [-0.4, -0.2) is 42.7 Å². The van der Waals surface area contributed by atoms with Crippen LogP contribution >= 0.6 is 23.1 Å². The van der Waals surface area contributed by atoms with Gasteiger partial charge in [-0.2, -0.15) is 8.68 Å². The first-order valence-electron chi connectivity index (χ1n) is 10.4. The summed E-state index contributed by atoms with van der Waals surface area (Å²) >= 11 is 7.56. The van der Waals surface area contributed by atoms with Crippen molar-refractivity contribution in [2.45, 2.75) is 43.0 Å². The van der Waals surface area contributed by atoms with Crippen molar-refractivity contribution in [1.82, 2.24) is 8.68 Å². The summed E-state index contributed by atoms with van der Waals surface area (Å²) in [4.78, 5) is 13.0. The first-order valence-corrected chi connectivity index (χ1v) is 13.0. The number of nitrogens with zero attached hydrogens (tertiary/aromatic N) is 2. The van der Waals surface area contributed by atoms with Crippen LogP contribution in [-0.2, 0) is 14.8 Å². The van der Waals surface area contributed by atoms with Gasteiger partial charge < -0.3 is 10.1 Å². The number of hydrogen-bond donors (Lipinski definition) is 1. The number of hydrogen-bond acceptors (Lipinski definition) is 6. The minimum Gasteiger partial charge on any atom is -0.495 e. The maximum Gasteiger partial charge on any atom is 0.243 e. The van der Waals surface area contributed by atoms with Crippen molar-refractivity contribution in [3.8, 4) is 5.75 Å². The number of anilines is 1. The molecule has 0 atom stereocenters. The summed E-state index contributed by atoms with van der Waals surface area (Å²) in [5.74, 6) is 0.00665. The van der Waals surface area contributed by atoms with Crippen molar-refractivity contribution < 1.29 is 17.9 Å². The third-order valence-electron chi connectivity index (χ3n) is 5.65. The molecular formula is C22H24ClN3O4S2. The fraction of sp³-hybridized carbons (Fsp3) is 0.364. The molecule has 32 heavy (non-hydrogen) atoms. The Labute approximate surface area is 196 Å². The van der Waals surface area contributed by atoms with Gasteiger partial charge in [-0.1, -0.05) is 30.9 Å². The maximum absolute atomic E-state index is 13.6. The SMILES string of the molecule is COc1ccc(S(=O)(=O)N(CC(=O)Nc2ccc3sncc3c2)C2CCCCC2)cc1Cl. The Morgan fingerprint density at radius 1 is 1.22 bits per heavy atom. The van der Waals surface area contributed by atoms with Crippen LogP contribution in [0.5, 0.6) is 5.75 Å². The highest BCUT2D eigenvalue weighted by molar-refractivity contribution is 7.89. The van der Waals surface area contributed by atoms with Gasteiger partial charge in [0.15, 0.2) is 0 Å². The lowest BCUT2D eigenvalue weighted by atomic mass is 9.95. The van der Waals surface area contributed by atoms with Gasteiger partial charge in [-0.05, 0) is 60.8 Å². The predicted octanol–water partition coefficient (Wildman–Crippen LogP) is 4.92. The minimum absolute atomic E-state index is 0.0486. The Kier molecular flexibility index (Phi) is 6.99. The summed E-state index contributed by atoms with van der Waals surface area (Å²) in [7, 11) is -2.47. The van der Waals surface area contributed by atoms with E-state index in [9.17, 15) is 13.2 Å². The van der Waals surface area contributed by atoms with Crippen LogP contribution in [0.25, 0.3) is 10.1 Å². The highest BCUT2D eigenvalue weighted by atomic mass is 35.5. The molecule has 10 heteroatoms. The zero-order chi connectivity index (χ0) is 22.7. The Morgan fingerprint density at radius 3 is 2.72 bits per heavy atom. The van der Waals surface area contributed by atoms with E-state index in [1.807, 2.05) is 12.1 Å². The number of rotatable bonds is 7. The van der Waals surface area contributed by atoms with Gasteiger partial charge in [0, 0.05) is 23.3 Å². The summed E-state index contributed by atoms with van der Waals surface area (Å²) in [6, 6.07) is 9.65. The fourth-order valence-corrected chi connectivity index (χ4v) is 6.63. The molecule has 0 radical (unpaired) electrons. The topological polar surface area (TPSA) is 88.6 Å². The fourth-order valence-electron chi connectivity index (χ4n) is 4.01. The molecule has 1 saturated carbocycles. The first-order chi connectivity index (χ1) is 15.4. The van der Waals surface area contributed by atoms with Crippen LogP contribution in [0.2, 0.25) is 5.02 Å². The van der Waals surface area contributed by atoms with E-state index in [1.165, 1.54) is 41.1 Å². The Balaban J connectivity index is 1.59. The third-order valence-corrected chi connectivity index (χ3v) is 8.62. The third kappa shape index (κ3) is 4.91. The summed E-state index contributed by atoms with van der Waals surface area (Å²) < 4.78 is 38.7. The lowest BCUT2D eigenvalue weighted by Gasteiger charge is -2.33. The molecule has 1 aromatic heterocycles. The molecule has 1 aliphatic carbocycles. The van der Waals surface area contributed by atoms with Crippen molar-refractivity contribution in [2.24, 2.45) is 0 Å². The highest BCUT2D eigenvalue weighted by Gasteiger charge is 2.34. The van der Waals surface area contributed by atoms with E-state index in [2.05, 4.69) is 9.69 Å². The van der Waals surface area contributed by atoms with Crippen molar-refractivity contribution in [3.05, 3.63) is 47.6 Å². The van der Waals surface area contributed by atoms with E-state index in [1.54, 1.807) is 12.3 Å². The molecule has 1 fully saturated rings. The lowest BCUT2D eigenvalue weighted by Crippen LogP contribution is -2.45. The van der Waals surface area contributed by atoms with Crippen molar-refractivity contribution in [2.75, 3.05) is 19.0 Å². The van der Waals surface area contributed by atoms with Gasteiger partial charge in [-0.3, -0.25) is 4.79 Å². The molecule has 0 bridgehead atoms. The number of ether oxygens (including phenoxy) is 1. The van der Waals surface area contributed by atoms with E-state index in [4.69, 9.17) is 16.3 Å². The van der Waals surface area contributed by atoms with Crippen molar-refractivity contribution >= 4 is 54.8 Å². The highest BCUT2D eigenvalue weighted by Crippen LogP contribution is 2.32. The Morgan fingerprint density at radius 2 is 2.00 bits per heavy atom. The van der Waals surface area contributed by atoms with E-state index in [0.29, 0.717) is 11.4 Å². The quantitative estimate of drug-likeness (QED) is 0.504. The van der Waals surface area contributed by atoms with Gasteiger partial charge in [0.2, 0.25) is 15.9 Å². The maximum atomic E-state index is 13.6. The second-order valence-electron chi connectivity index (χ2n) is 7.77. The standard InChI is InChI=1S/C22H24ClN3O4S2/c1-30-20-9-8-18(12-19(20)23)32(28,29)26(17-5-3-2-4-6-17)14-22(27)25-16-7-10-21-15(11-16)13-24-31-21/h7-13,17H,2-6,14H2,1H3,(H,25,27). The average Bonchev–Trinajstić information content (AvgIpc) is 3.26. The van der Waals surface area contributed by atoms with Gasteiger partial charge in [0.25, 0.3) is 0 Å².